The number of anilines is 2. The Hall–Kier alpha value is -4.14. The van der Waals surface area contributed by atoms with E-state index in [1.807, 2.05) is 58.0 Å². The van der Waals surface area contributed by atoms with Crippen LogP contribution in [0, 0.1) is 0 Å². The quantitative estimate of drug-likeness (QED) is 0.222. The molecule has 1 aliphatic rings. The normalized spacial score (nSPS) is 11.6. The summed E-state index contributed by atoms with van der Waals surface area (Å²) >= 11 is 0. The van der Waals surface area contributed by atoms with Gasteiger partial charge in [-0.3, -0.25) is 14.9 Å². The third-order valence-electron chi connectivity index (χ3n) is 5.26. The highest BCUT2D eigenvalue weighted by Gasteiger charge is 2.21. The van der Waals surface area contributed by atoms with E-state index in [1.54, 1.807) is 55.8 Å². The average molecular weight is 518 g/mol. The van der Waals surface area contributed by atoms with E-state index in [-0.39, 0.29) is 12.6 Å². The number of aliphatic hydroxyl groups excluding tert-OH is 1. The number of nitrogens with one attached hydrogen (secondary N) is 1. The van der Waals surface area contributed by atoms with Gasteiger partial charge in [-0.25, -0.2) is 10.6 Å². The summed E-state index contributed by atoms with van der Waals surface area (Å²) in [6.07, 6.45) is 8.73. The molecular formula is C30H39N5O3. The van der Waals surface area contributed by atoms with Crippen LogP contribution in [-0.2, 0) is 6.42 Å². The van der Waals surface area contributed by atoms with Gasteiger partial charge in [0.1, 0.15) is 17.3 Å². The maximum absolute atomic E-state index is 13.0. The van der Waals surface area contributed by atoms with Gasteiger partial charge in [0, 0.05) is 31.7 Å². The van der Waals surface area contributed by atoms with Crippen molar-refractivity contribution in [2.24, 2.45) is 5.84 Å². The summed E-state index contributed by atoms with van der Waals surface area (Å²) in [6, 6.07) is 17.9. The van der Waals surface area contributed by atoms with Crippen molar-refractivity contribution in [3.8, 4) is 11.5 Å². The molecule has 4 N–H and O–H groups in total. The Balaban J connectivity index is 0.00000121. The number of urea groups is 1. The first kappa shape index (κ1) is 30.1. The largest absolute Gasteiger partial charge is 0.457 e. The predicted molar refractivity (Wildman–Crippen MR) is 155 cm³/mol. The van der Waals surface area contributed by atoms with Crippen LogP contribution in [0.2, 0.25) is 0 Å². The number of hydrazine groups is 1. The molecule has 8 nitrogen and oxygen atoms in total. The van der Waals surface area contributed by atoms with E-state index in [0.29, 0.717) is 29.4 Å². The van der Waals surface area contributed by atoms with Gasteiger partial charge in [-0.15, -0.1) is 0 Å². The van der Waals surface area contributed by atoms with Crippen molar-refractivity contribution in [3.05, 3.63) is 102 Å². The van der Waals surface area contributed by atoms with E-state index in [1.165, 1.54) is 9.91 Å². The van der Waals surface area contributed by atoms with Gasteiger partial charge in [0.05, 0.1) is 5.69 Å². The number of hydrogen-bond acceptors (Lipinski definition) is 6. The molecule has 0 saturated heterocycles. The van der Waals surface area contributed by atoms with Crippen molar-refractivity contribution in [2.45, 2.75) is 40.5 Å². The lowest BCUT2D eigenvalue weighted by atomic mass is 10.1. The van der Waals surface area contributed by atoms with Crippen LogP contribution in [0.1, 0.15) is 39.7 Å². The Bertz CT molecular complexity index is 1180. The minimum Gasteiger partial charge on any atom is -0.457 e. The van der Waals surface area contributed by atoms with E-state index in [0.717, 1.165) is 23.2 Å². The minimum absolute atomic E-state index is 0.0880. The monoisotopic (exact) mass is 517 g/mol. The molecular weight excluding hydrogens is 478 g/mol. The van der Waals surface area contributed by atoms with Gasteiger partial charge in [-0.2, -0.15) is 0 Å². The van der Waals surface area contributed by atoms with Crippen LogP contribution < -0.4 is 20.9 Å². The number of rotatable bonds is 9. The van der Waals surface area contributed by atoms with Crippen LogP contribution in [0.25, 0.3) is 0 Å². The van der Waals surface area contributed by atoms with Crippen LogP contribution in [0.3, 0.4) is 0 Å². The van der Waals surface area contributed by atoms with Gasteiger partial charge in [0.15, 0.2) is 0 Å². The van der Waals surface area contributed by atoms with Gasteiger partial charge in [0.25, 0.3) is 0 Å². The molecule has 202 valence electrons. The van der Waals surface area contributed by atoms with Crippen molar-refractivity contribution < 1.29 is 14.6 Å². The summed E-state index contributed by atoms with van der Waals surface area (Å²) in [5.41, 5.74) is 3.48. The Morgan fingerprint density at radius 3 is 2.13 bits per heavy atom. The number of allylic oxidation sites excluding steroid dienone is 3. The molecule has 1 aromatic heterocycles. The zero-order chi connectivity index (χ0) is 27.9. The second-order valence-corrected chi connectivity index (χ2v) is 7.79. The highest BCUT2D eigenvalue weighted by Crippen LogP contribution is 2.27. The first-order chi connectivity index (χ1) is 18.5. The molecule has 0 spiro atoms. The van der Waals surface area contributed by atoms with Gasteiger partial charge in [0.2, 0.25) is 0 Å². The number of hydrogen-bond donors (Lipinski definition) is 3. The number of ether oxygens (including phenoxy) is 1. The van der Waals surface area contributed by atoms with E-state index >= 15 is 0 Å². The average Bonchev–Trinajstić information content (AvgIpc) is 3.80. The van der Waals surface area contributed by atoms with Gasteiger partial charge in [-0.1, -0.05) is 45.9 Å². The summed E-state index contributed by atoms with van der Waals surface area (Å²) in [7, 11) is 1.67. The van der Waals surface area contributed by atoms with Crippen molar-refractivity contribution in [3.63, 3.8) is 0 Å². The van der Waals surface area contributed by atoms with Gasteiger partial charge < -0.3 is 15.2 Å². The smallest absolute Gasteiger partial charge is 0.327 e. The lowest BCUT2D eigenvalue weighted by Crippen LogP contribution is -2.42. The molecule has 1 heterocycles. The third-order valence-corrected chi connectivity index (χ3v) is 5.26. The van der Waals surface area contributed by atoms with E-state index < -0.39 is 0 Å². The van der Waals surface area contributed by atoms with E-state index in [9.17, 15) is 4.79 Å². The van der Waals surface area contributed by atoms with Crippen LogP contribution in [-0.4, -0.2) is 34.7 Å². The van der Waals surface area contributed by atoms with Crippen molar-refractivity contribution >= 4 is 17.4 Å². The van der Waals surface area contributed by atoms with Gasteiger partial charge in [-0.05, 0) is 78.6 Å². The maximum Gasteiger partial charge on any atom is 0.327 e. The molecule has 0 unspecified atom stereocenters. The van der Waals surface area contributed by atoms with Crippen LogP contribution in [0.5, 0.6) is 11.5 Å². The molecule has 38 heavy (non-hydrogen) atoms. The molecule has 0 radical (unpaired) electrons. The number of aromatic nitrogens is 1. The lowest BCUT2D eigenvalue weighted by molar-refractivity contribution is 0.231. The van der Waals surface area contributed by atoms with Gasteiger partial charge >= 0.3 is 6.03 Å². The Morgan fingerprint density at radius 1 is 1.00 bits per heavy atom. The molecule has 8 heteroatoms. The molecule has 0 atom stereocenters. The van der Waals surface area contributed by atoms with Crippen molar-refractivity contribution in [2.75, 3.05) is 24.0 Å². The Labute approximate surface area is 226 Å². The SMILES string of the molecule is CC.CC.CN(C(=O)Nc1ccc(Oc2ccncc2)cc1)/C(=C/C1=CC1)N(N)c1ccc(CCO)cc1. The molecule has 0 fully saturated rings. The molecule has 0 aliphatic heterocycles. The number of carbonyl (C=O) groups excluding carboxylic acids is 1. The van der Waals surface area contributed by atoms with E-state index in [2.05, 4.69) is 16.4 Å². The molecule has 4 rings (SSSR count). The Kier molecular flexibility index (Phi) is 12.6. The van der Waals surface area contributed by atoms with Crippen molar-refractivity contribution in [1.82, 2.24) is 9.88 Å². The number of pyridine rings is 1. The van der Waals surface area contributed by atoms with E-state index in [4.69, 9.17) is 15.7 Å². The minimum atomic E-state index is -0.331. The molecule has 2 aromatic carbocycles. The second-order valence-electron chi connectivity index (χ2n) is 7.79. The first-order valence-electron chi connectivity index (χ1n) is 12.9. The Morgan fingerprint density at radius 2 is 1.58 bits per heavy atom. The molecule has 2 amide bonds. The number of carbonyl (C=O) groups is 1. The highest BCUT2D eigenvalue weighted by atomic mass is 16.5. The summed E-state index contributed by atoms with van der Waals surface area (Å²) in [6.45, 7) is 8.09. The summed E-state index contributed by atoms with van der Waals surface area (Å²) < 4.78 is 5.76. The first-order valence-corrected chi connectivity index (χ1v) is 12.9. The zero-order valence-corrected chi connectivity index (χ0v) is 22.9. The summed E-state index contributed by atoms with van der Waals surface area (Å²) in [5, 5.41) is 13.5. The lowest BCUT2D eigenvalue weighted by Gasteiger charge is -2.29. The number of amides is 2. The number of benzene rings is 2. The van der Waals surface area contributed by atoms with Crippen LogP contribution >= 0.6 is 0 Å². The molecule has 0 saturated carbocycles. The summed E-state index contributed by atoms with van der Waals surface area (Å²) in [5.74, 6) is 8.28. The number of nitrogens with two attached hydrogens (primary N) is 1. The summed E-state index contributed by atoms with van der Waals surface area (Å²) in [4.78, 5) is 18.5. The molecule has 0 bridgehead atoms. The standard InChI is InChI=1S/C26H27N5O3.2C2H6/c1-30(25(18-20-2-3-20)31(27)22-8-4-19(5-9-22)14-17-32)26(33)29-21-6-10-23(11-7-21)34-24-12-15-28-16-13-24;2*1-2/h2,4-13,15-16,18,32H,3,14,17,27H2,1H3,(H,29,33);2*1-2H3/b25-18-;;. The number of aliphatic hydroxyl groups is 1. The highest BCUT2D eigenvalue weighted by molar-refractivity contribution is 5.90. The third kappa shape index (κ3) is 9.06. The fraction of sp³-hybridized carbons (Fsp3) is 0.267. The van der Waals surface area contributed by atoms with Crippen LogP contribution in [0.15, 0.2) is 96.6 Å². The second kappa shape index (κ2) is 15.9. The number of nitrogens with zero attached hydrogens (tertiary/aromatic N) is 3. The maximum atomic E-state index is 13.0. The zero-order valence-electron chi connectivity index (χ0n) is 22.9. The van der Waals surface area contributed by atoms with Crippen LogP contribution in [0.4, 0.5) is 16.2 Å². The molecule has 3 aromatic rings. The van der Waals surface area contributed by atoms with Crippen molar-refractivity contribution in [1.29, 1.82) is 0 Å². The fourth-order valence-electron chi connectivity index (χ4n) is 3.22. The predicted octanol–water partition coefficient (Wildman–Crippen LogP) is 6.48. The fourth-order valence-corrected chi connectivity index (χ4v) is 3.22. The molecule has 1 aliphatic carbocycles. The topological polar surface area (TPSA) is 104 Å².